The van der Waals surface area contributed by atoms with Crippen LogP contribution in [0.5, 0.6) is 0 Å². The van der Waals surface area contributed by atoms with Gasteiger partial charge in [-0.25, -0.2) is 4.79 Å². The molecule has 0 aliphatic heterocycles. The third kappa shape index (κ3) is 3.96. The van der Waals surface area contributed by atoms with Crippen molar-refractivity contribution >= 4 is 17.4 Å². The SMILES string of the molecule is Cc1c(C(=O)OC2CCCCC2)[nH]c2c1C(=O)C[C@@H](c1ccc(N(C)C)cc1)C2. The number of esters is 1. The van der Waals surface area contributed by atoms with Crippen LogP contribution in [0.3, 0.4) is 0 Å². The molecule has 1 saturated carbocycles. The number of hydrogen-bond donors (Lipinski definition) is 1. The predicted octanol–water partition coefficient (Wildman–Crippen LogP) is 4.79. The van der Waals surface area contributed by atoms with E-state index in [2.05, 4.69) is 34.1 Å². The van der Waals surface area contributed by atoms with Crippen molar-refractivity contribution in [3.63, 3.8) is 0 Å². The Labute approximate surface area is 172 Å². The molecule has 1 aromatic carbocycles. The first-order chi connectivity index (χ1) is 13.9. The van der Waals surface area contributed by atoms with E-state index in [4.69, 9.17) is 4.74 Å². The van der Waals surface area contributed by atoms with Crippen molar-refractivity contribution in [1.82, 2.24) is 4.98 Å². The number of nitrogens with zero attached hydrogens (tertiary/aromatic N) is 1. The molecule has 0 saturated heterocycles. The van der Waals surface area contributed by atoms with Crippen molar-refractivity contribution < 1.29 is 14.3 Å². The fraction of sp³-hybridized carbons (Fsp3) is 0.500. The second-order valence-corrected chi connectivity index (χ2v) is 8.66. The van der Waals surface area contributed by atoms with Gasteiger partial charge in [-0.05, 0) is 68.2 Å². The maximum atomic E-state index is 12.9. The van der Waals surface area contributed by atoms with Gasteiger partial charge in [0.05, 0.1) is 0 Å². The first kappa shape index (κ1) is 19.7. The summed E-state index contributed by atoms with van der Waals surface area (Å²) in [6, 6.07) is 8.38. The number of carbonyl (C=O) groups excluding carboxylic acids is 2. The highest BCUT2D eigenvalue weighted by atomic mass is 16.5. The Kier molecular flexibility index (Phi) is 5.48. The normalized spacial score (nSPS) is 19.7. The summed E-state index contributed by atoms with van der Waals surface area (Å²) in [6.07, 6.45) is 6.55. The highest BCUT2D eigenvalue weighted by Gasteiger charge is 2.33. The van der Waals surface area contributed by atoms with Crippen LogP contribution in [0.2, 0.25) is 0 Å². The maximum Gasteiger partial charge on any atom is 0.355 e. The predicted molar refractivity (Wildman–Crippen MR) is 114 cm³/mol. The summed E-state index contributed by atoms with van der Waals surface area (Å²) in [6.45, 7) is 1.86. The largest absolute Gasteiger partial charge is 0.458 e. The quantitative estimate of drug-likeness (QED) is 0.757. The van der Waals surface area contributed by atoms with Crippen LogP contribution < -0.4 is 4.90 Å². The number of ketones is 1. The molecular formula is C24H30N2O3. The van der Waals surface area contributed by atoms with Gasteiger partial charge in [0, 0.05) is 37.5 Å². The van der Waals surface area contributed by atoms with E-state index in [0.29, 0.717) is 17.7 Å². The molecule has 1 atom stereocenters. The molecule has 0 amide bonds. The van der Waals surface area contributed by atoms with Crippen molar-refractivity contribution in [3.05, 3.63) is 52.3 Å². The molecule has 1 N–H and O–H groups in total. The molecule has 0 unspecified atom stereocenters. The maximum absolute atomic E-state index is 12.9. The lowest BCUT2D eigenvalue weighted by Crippen LogP contribution is -2.21. The lowest BCUT2D eigenvalue weighted by atomic mass is 9.81. The van der Waals surface area contributed by atoms with Gasteiger partial charge in [-0.3, -0.25) is 4.79 Å². The van der Waals surface area contributed by atoms with E-state index < -0.39 is 0 Å². The Bertz CT molecular complexity index is 905. The van der Waals surface area contributed by atoms with E-state index in [-0.39, 0.29) is 23.8 Å². The van der Waals surface area contributed by atoms with Crippen LogP contribution in [0.15, 0.2) is 24.3 Å². The molecule has 1 aromatic heterocycles. The first-order valence-electron chi connectivity index (χ1n) is 10.7. The molecule has 1 heterocycles. The molecular weight excluding hydrogens is 364 g/mol. The topological polar surface area (TPSA) is 62.4 Å². The molecule has 154 valence electrons. The number of H-pyrrole nitrogens is 1. The lowest BCUT2D eigenvalue weighted by molar-refractivity contribution is 0.0204. The zero-order valence-electron chi connectivity index (χ0n) is 17.6. The van der Waals surface area contributed by atoms with E-state index in [1.54, 1.807) is 0 Å². The van der Waals surface area contributed by atoms with Crippen molar-refractivity contribution in [2.24, 2.45) is 0 Å². The average molecular weight is 395 g/mol. The number of nitrogens with one attached hydrogen (secondary N) is 1. The van der Waals surface area contributed by atoms with Crippen molar-refractivity contribution in [1.29, 1.82) is 0 Å². The lowest BCUT2D eigenvalue weighted by Gasteiger charge is -2.23. The minimum absolute atomic E-state index is 0.00893. The number of aromatic amines is 1. The Morgan fingerprint density at radius 3 is 2.41 bits per heavy atom. The van der Waals surface area contributed by atoms with Gasteiger partial charge in [-0.2, -0.15) is 0 Å². The molecule has 2 aliphatic rings. The number of Topliss-reactive ketones (excluding diaryl/α,β-unsaturated/α-hetero) is 1. The first-order valence-corrected chi connectivity index (χ1v) is 10.7. The summed E-state index contributed by atoms with van der Waals surface area (Å²) in [5.74, 6) is -0.0756. The smallest absolute Gasteiger partial charge is 0.355 e. The molecule has 5 heteroatoms. The molecule has 2 aromatic rings. The average Bonchev–Trinajstić information content (AvgIpc) is 3.06. The van der Waals surface area contributed by atoms with Crippen LogP contribution in [0.25, 0.3) is 0 Å². The van der Waals surface area contributed by atoms with Crippen molar-refractivity contribution in [2.45, 2.75) is 63.9 Å². The minimum Gasteiger partial charge on any atom is -0.458 e. The number of benzene rings is 1. The van der Waals surface area contributed by atoms with E-state index in [0.717, 1.165) is 54.6 Å². The van der Waals surface area contributed by atoms with Crippen molar-refractivity contribution in [3.8, 4) is 0 Å². The standard InChI is InChI=1S/C24H30N2O3/c1-15-22-20(25-23(15)24(28)29-19-7-5-4-6-8-19)13-17(14-21(22)27)16-9-11-18(12-10-16)26(2)3/h9-12,17,19,25H,4-8,13-14H2,1-3H3/t17-/m0/s1. The Morgan fingerprint density at radius 1 is 1.07 bits per heavy atom. The minimum atomic E-state index is -0.316. The fourth-order valence-electron chi connectivity index (χ4n) is 4.71. The van der Waals surface area contributed by atoms with Gasteiger partial charge in [0.15, 0.2) is 5.78 Å². The molecule has 0 spiro atoms. The second-order valence-electron chi connectivity index (χ2n) is 8.66. The van der Waals surface area contributed by atoms with Gasteiger partial charge >= 0.3 is 5.97 Å². The number of anilines is 1. The fourth-order valence-corrected chi connectivity index (χ4v) is 4.71. The molecule has 29 heavy (non-hydrogen) atoms. The zero-order chi connectivity index (χ0) is 20.5. The second kappa shape index (κ2) is 8.05. The number of ether oxygens (including phenoxy) is 1. The number of aromatic nitrogens is 1. The van der Waals surface area contributed by atoms with Crippen LogP contribution in [-0.2, 0) is 11.2 Å². The third-order valence-electron chi connectivity index (χ3n) is 6.40. The van der Waals surface area contributed by atoms with Crippen molar-refractivity contribution in [2.75, 3.05) is 19.0 Å². The van der Waals surface area contributed by atoms with Gasteiger partial charge < -0.3 is 14.6 Å². The number of fused-ring (bicyclic) bond motifs is 1. The van der Waals surface area contributed by atoms with Gasteiger partial charge in [-0.15, -0.1) is 0 Å². The summed E-state index contributed by atoms with van der Waals surface area (Å²) in [5, 5.41) is 0. The van der Waals surface area contributed by atoms with Crippen LogP contribution in [0, 0.1) is 6.92 Å². The molecule has 0 bridgehead atoms. The van der Waals surface area contributed by atoms with Gasteiger partial charge in [0.2, 0.25) is 0 Å². The van der Waals surface area contributed by atoms with Crippen LogP contribution in [-0.4, -0.2) is 36.9 Å². The molecule has 5 nitrogen and oxygen atoms in total. The number of carbonyl (C=O) groups is 2. The van der Waals surface area contributed by atoms with Gasteiger partial charge in [-0.1, -0.05) is 18.6 Å². The summed E-state index contributed by atoms with van der Waals surface area (Å²) in [7, 11) is 4.03. The Morgan fingerprint density at radius 2 is 1.76 bits per heavy atom. The highest BCUT2D eigenvalue weighted by Crippen LogP contribution is 2.36. The molecule has 4 rings (SSSR count). The van der Waals surface area contributed by atoms with Gasteiger partial charge in [0.1, 0.15) is 11.8 Å². The van der Waals surface area contributed by atoms with E-state index >= 15 is 0 Å². The summed E-state index contributed by atoms with van der Waals surface area (Å²) in [5.41, 5.74) is 5.07. The van der Waals surface area contributed by atoms with E-state index in [1.807, 2.05) is 21.0 Å². The van der Waals surface area contributed by atoms with E-state index in [9.17, 15) is 9.59 Å². The van der Waals surface area contributed by atoms with Crippen LogP contribution in [0.4, 0.5) is 5.69 Å². The molecule has 2 aliphatic carbocycles. The summed E-state index contributed by atoms with van der Waals surface area (Å²) in [4.78, 5) is 31.0. The highest BCUT2D eigenvalue weighted by molar-refractivity contribution is 6.03. The van der Waals surface area contributed by atoms with Crippen LogP contribution >= 0.6 is 0 Å². The number of hydrogen-bond acceptors (Lipinski definition) is 4. The Balaban J connectivity index is 1.54. The Hall–Kier alpha value is -2.56. The molecule has 0 radical (unpaired) electrons. The number of rotatable bonds is 4. The molecule has 1 fully saturated rings. The zero-order valence-corrected chi connectivity index (χ0v) is 17.6. The monoisotopic (exact) mass is 394 g/mol. The summed E-state index contributed by atoms with van der Waals surface area (Å²) < 4.78 is 5.73. The van der Waals surface area contributed by atoms with E-state index in [1.165, 1.54) is 6.42 Å². The third-order valence-corrected chi connectivity index (χ3v) is 6.40. The van der Waals surface area contributed by atoms with Gasteiger partial charge in [0.25, 0.3) is 0 Å². The van der Waals surface area contributed by atoms with Crippen LogP contribution in [0.1, 0.15) is 82.1 Å². The summed E-state index contributed by atoms with van der Waals surface area (Å²) >= 11 is 0.